The maximum atomic E-state index is 12.1. The van der Waals surface area contributed by atoms with Crippen LogP contribution < -0.4 is 10.1 Å². The fourth-order valence-corrected chi connectivity index (χ4v) is 2.56. The second-order valence-corrected chi connectivity index (χ2v) is 6.68. The van der Waals surface area contributed by atoms with E-state index >= 15 is 0 Å². The van der Waals surface area contributed by atoms with E-state index in [2.05, 4.69) is 37.2 Å². The average molecular weight is 465 g/mol. The number of hydrogen-bond acceptors (Lipinski definition) is 4. The van der Waals surface area contributed by atoms with E-state index < -0.39 is 5.97 Å². The van der Waals surface area contributed by atoms with Gasteiger partial charge >= 0.3 is 5.97 Å². The highest BCUT2D eigenvalue weighted by molar-refractivity contribution is 9.10. The van der Waals surface area contributed by atoms with E-state index in [4.69, 9.17) is 9.15 Å². The first kappa shape index (κ1) is 17.4. The van der Waals surface area contributed by atoms with Gasteiger partial charge in [0.15, 0.2) is 10.4 Å². The van der Waals surface area contributed by atoms with Gasteiger partial charge in [-0.25, -0.2) is 4.79 Å². The Kier molecular flexibility index (Phi) is 5.35. The van der Waals surface area contributed by atoms with Crippen LogP contribution in [0, 0.1) is 0 Å². The third kappa shape index (κ3) is 4.58. The number of hydrogen-bond donors (Lipinski definition) is 1. The monoisotopic (exact) mass is 463 g/mol. The molecule has 0 spiro atoms. The van der Waals surface area contributed by atoms with Gasteiger partial charge in [-0.15, -0.1) is 0 Å². The van der Waals surface area contributed by atoms with Crippen LogP contribution in [0.25, 0.3) is 0 Å². The molecule has 1 aromatic heterocycles. The van der Waals surface area contributed by atoms with Gasteiger partial charge in [-0.1, -0.05) is 15.9 Å². The minimum atomic E-state index is -0.477. The zero-order valence-electron chi connectivity index (χ0n) is 12.7. The second-order valence-electron chi connectivity index (χ2n) is 4.98. The lowest BCUT2D eigenvalue weighted by molar-refractivity contribution is 0.0734. The molecule has 0 saturated carbocycles. The number of anilines is 1. The van der Waals surface area contributed by atoms with Crippen molar-refractivity contribution in [3.63, 3.8) is 0 Å². The molecule has 0 fully saturated rings. The minimum absolute atomic E-state index is 0.186. The van der Waals surface area contributed by atoms with E-state index in [1.54, 1.807) is 60.7 Å². The smallest absolute Gasteiger partial charge is 0.343 e. The van der Waals surface area contributed by atoms with Crippen molar-refractivity contribution < 1.29 is 18.7 Å². The van der Waals surface area contributed by atoms with Crippen LogP contribution in [-0.2, 0) is 0 Å². The molecular weight excluding hydrogens is 454 g/mol. The predicted octanol–water partition coefficient (Wildman–Crippen LogP) is 5.28. The molecule has 3 rings (SSSR count). The van der Waals surface area contributed by atoms with Gasteiger partial charge in [0.2, 0.25) is 0 Å². The summed E-state index contributed by atoms with van der Waals surface area (Å²) >= 11 is 6.46. The SMILES string of the molecule is O=C(Oc1ccc(Br)cc1)c1ccc(NC(=O)c2ccc(Br)o2)cc1. The van der Waals surface area contributed by atoms with Crippen molar-refractivity contribution >= 4 is 49.4 Å². The first-order valence-electron chi connectivity index (χ1n) is 7.16. The Morgan fingerprint density at radius 1 is 0.880 bits per heavy atom. The maximum absolute atomic E-state index is 12.1. The molecule has 126 valence electrons. The van der Waals surface area contributed by atoms with E-state index in [1.807, 2.05) is 0 Å². The standard InChI is InChI=1S/C18H11Br2NO4/c19-12-3-7-14(8-4-12)24-18(23)11-1-5-13(6-2-11)21-17(22)15-9-10-16(20)25-15/h1-10H,(H,21,22). The number of carbonyl (C=O) groups is 2. The number of amides is 1. The molecular formula is C18H11Br2NO4. The van der Waals surface area contributed by atoms with Crippen molar-refractivity contribution in [2.45, 2.75) is 0 Å². The average Bonchev–Trinajstić information content (AvgIpc) is 3.04. The molecule has 7 heteroatoms. The van der Waals surface area contributed by atoms with Gasteiger partial charge in [0, 0.05) is 10.2 Å². The fourth-order valence-electron chi connectivity index (χ4n) is 1.99. The molecule has 0 radical (unpaired) electrons. The Hall–Kier alpha value is -2.38. The van der Waals surface area contributed by atoms with Crippen molar-refractivity contribution in [2.75, 3.05) is 5.32 Å². The van der Waals surface area contributed by atoms with E-state index in [0.717, 1.165) is 4.47 Å². The molecule has 0 bridgehead atoms. The van der Waals surface area contributed by atoms with Crippen LogP contribution in [0.5, 0.6) is 5.75 Å². The van der Waals surface area contributed by atoms with Crippen LogP contribution in [0.1, 0.15) is 20.9 Å². The van der Waals surface area contributed by atoms with Gasteiger partial charge in [-0.2, -0.15) is 0 Å². The summed E-state index contributed by atoms with van der Waals surface area (Å²) in [6.07, 6.45) is 0. The Bertz CT molecular complexity index is 902. The van der Waals surface area contributed by atoms with Gasteiger partial charge in [0.05, 0.1) is 5.56 Å². The fraction of sp³-hybridized carbons (Fsp3) is 0. The van der Waals surface area contributed by atoms with Crippen molar-refractivity contribution in [3.8, 4) is 5.75 Å². The highest BCUT2D eigenvalue weighted by Crippen LogP contribution is 2.19. The molecule has 1 N–H and O–H groups in total. The lowest BCUT2D eigenvalue weighted by Crippen LogP contribution is -2.12. The number of nitrogens with one attached hydrogen (secondary N) is 1. The van der Waals surface area contributed by atoms with Crippen molar-refractivity contribution in [3.05, 3.63) is 81.1 Å². The number of furan rings is 1. The number of rotatable bonds is 4. The molecule has 0 unspecified atom stereocenters. The maximum Gasteiger partial charge on any atom is 0.343 e. The normalized spacial score (nSPS) is 10.3. The third-order valence-corrected chi connectivity index (χ3v) is 4.15. The molecule has 0 saturated heterocycles. The van der Waals surface area contributed by atoms with Crippen molar-refractivity contribution in [1.82, 2.24) is 0 Å². The summed E-state index contributed by atoms with van der Waals surface area (Å²) < 4.78 is 11.8. The first-order valence-corrected chi connectivity index (χ1v) is 8.74. The minimum Gasteiger partial charge on any atom is -0.444 e. The van der Waals surface area contributed by atoms with E-state index in [0.29, 0.717) is 21.7 Å². The van der Waals surface area contributed by atoms with Gasteiger partial charge in [-0.3, -0.25) is 4.79 Å². The summed E-state index contributed by atoms with van der Waals surface area (Å²) in [4.78, 5) is 24.1. The van der Waals surface area contributed by atoms with Gasteiger partial charge in [-0.05, 0) is 76.6 Å². The Morgan fingerprint density at radius 2 is 1.56 bits per heavy atom. The Morgan fingerprint density at radius 3 is 2.16 bits per heavy atom. The van der Waals surface area contributed by atoms with Crippen LogP contribution in [-0.4, -0.2) is 11.9 Å². The van der Waals surface area contributed by atoms with E-state index in [1.165, 1.54) is 0 Å². The Balaban J connectivity index is 1.64. The zero-order valence-corrected chi connectivity index (χ0v) is 15.8. The number of halogens is 2. The number of carbonyl (C=O) groups excluding carboxylic acids is 2. The molecule has 0 atom stereocenters. The number of benzene rings is 2. The predicted molar refractivity (Wildman–Crippen MR) is 99.9 cm³/mol. The lowest BCUT2D eigenvalue weighted by Gasteiger charge is -2.06. The Labute approximate surface area is 160 Å². The topological polar surface area (TPSA) is 68.5 Å². The molecule has 5 nitrogen and oxygen atoms in total. The third-order valence-electron chi connectivity index (χ3n) is 3.20. The molecule has 1 heterocycles. The molecule has 0 aliphatic carbocycles. The van der Waals surface area contributed by atoms with Crippen LogP contribution in [0.3, 0.4) is 0 Å². The van der Waals surface area contributed by atoms with Gasteiger partial charge < -0.3 is 14.5 Å². The summed E-state index contributed by atoms with van der Waals surface area (Å²) in [5, 5.41) is 2.68. The largest absolute Gasteiger partial charge is 0.444 e. The molecule has 3 aromatic rings. The van der Waals surface area contributed by atoms with E-state index in [9.17, 15) is 9.59 Å². The zero-order chi connectivity index (χ0) is 17.8. The highest BCUT2D eigenvalue weighted by atomic mass is 79.9. The van der Waals surface area contributed by atoms with Crippen LogP contribution >= 0.6 is 31.9 Å². The quantitative estimate of drug-likeness (QED) is 0.421. The van der Waals surface area contributed by atoms with Crippen LogP contribution in [0.4, 0.5) is 5.69 Å². The van der Waals surface area contributed by atoms with Crippen molar-refractivity contribution in [1.29, 1.82) is 0 Å². The molecule has 0 aliphatic rings. The highest BCUT2D eigenvalue weighted by Gasteiger charge is 2.12. The molecule has 1 amide bonds. The number of ether oxygens (including phenoxy) is 1. The summed E-state index contributed by atoms with van der Waals surface area (Å²) in [7, 11) is 0. The van der Waals surface area contributed by atoms with E-state index in [-0.39, 0.29) is 11.7 Å². The summed E-state index contributed by atoms with van der Waals surface area (Å²) in [6.45, 7) is 0. The second kappa shape index (κ2) is 7.67. The molecule has 25 heavy (non-hydrogen) atoms. The molecule has 0 aliphatic heterocycles. The first-order chi connectivity index (χ1) is 12.0. The van der Waals surface area contributed by atoms with Crippen molar-refractivity contribution in [2.24, 2.45) is 0 Å². The van der Waals surface area contributed by atoms with Gasteiger partial charge in [0.25, 0.3) is 5.91 Å². The summed E-state index contributed by atoms with van der Waals surface area (Å²) in [5.41, 5.74) is 0.916. The van der Waals surface area contributed by atoms with Gasteiger partial charge in [0.1, 0.15) is 5.75 Å². The summed E-state index contributed by atoms with van der Waals surface area (Å²) in [6, 6.07) is 16.5. The lowest BCUT2D eigenvalue weighted by atomic mass is 10.2. The number of esters is 1. The summed E-state index contributed by atoms with van der Waals surface area (Å²) in [5.74, 6) is -0.217. The van der Waals surface area contributed by atoms with Crippen LogP contribution in [0.15, 0.2) is 74.2 Å². The van der Waals surface area contributed by atoms with Crippen LogP contribution in [0.2, 0.25) is 0 Å². The molecule has 2 aromatic carbocycles.